The van der Waals surface area contributed by atoms with E-state index in [2.05, 4.69) is 23.9 Å². The highest BCUT2D eigenvalue weighted by atomic mass is 32.2. The number of rotatable bonds is 4. The van der Waals surface area contributed by atoms with Crippen LogP contribution in [0.25, 0.3) is 0 Å². The van der Waals surface area contributed by atoms with Crippen molar-refractivity contribution < 1.29 is 5.21 Å². The molecule has 0 amide bonds. The maximum atomic E-state index is 8.75. The Labute approximate surface area is 109 Å². The summed E-state index contributed by atoms with van der Waals surface area (Å²) in [6.07, 6.45) is 0.921. The Hall–Kier alpha value is -0.420. The molecule has 1 fully saturated rings. The Balaban J connectivity index is 2.50. The fourth-order valence-corrected chi connectivity index (χ4v) is 3.16. The van der Waals surface area contributed by atoms with Gasteiger partial charge in [0.2, 0.25) is 0 Å². The van der Waals surface area contributed by atoms with Gasteiger partial charge in [0, 0.05) is 29.0 Å². The third-order valence-electron chi connectivity index (χ3n) is 3.84. The molecule has 5 heteroatoms. The fraction of sp³-hybridized carbons (Fsp3) is 0.917. The van der Waals surface area contributed by atoms with Crippen molar-refractivity contribution in [2.24, 2.45) is 16.3 Å². The second-order valence-electron chi connectivity index (χ2n) is 5.47. The van der Waals surface area contributed by atoms with Crippen LogP contribution < -0.4 is 5.73 Å². The highest BCUT2D eigenvalue weighted by molar-refractivity contribution is 8.00. The predicted molar refractivity (Wildman–Crippen MR) is 74.8 cm³/mol. The summed E-state index contributed by atoms with van der Waals surface area (Å²) in [7, 11) is 0. The highest BCUT2D eigenvalue weighted by Crippen LogP contribution is 2.27. The Morgan fingerprint density at radius 3 is 2.76 bits per heavy atom. The molecule has 1 rings (SSSR count). The number of thioether (sulfide) groups is 1. The van der Waals surface area contributed by atoms with E-state index in [0.717, 1.165) is 19.5 Å². The minimum absolute atomic E-state index is 0.234. The van der Waals surface area contributed by atoms with Crippen LogP contribution in [0.1, 0.15) is 34.1 Å². The second kappa shape index (κ2) is 5.96. The molecular weight excluding hydrogens is 234 g/mol. The van der Waals surface area contributed by atoms with Gasteiger partial charge in [0.05, 0.1) is 0 Å². The van der Waals surface area contributed by atoms with Gasteiger partial charge in [-0.25, -0.2) is 0 Å². The van der Waals surface area contributed by atoms with Gasteiger partial charge in [-0.15, -0.1) is 0 Å². The summed E-state index contributed by atoms with van der Waals surface area (Å²) in [5, 5.41) is 12.6. The first-order chi connectivity index (χ1) is 7.88. The molecule has 0 radical (unpaired) electrons. The van der Waals surface area contributed by atoms with E-state index in [0.29, 0.717) is 17.1 Å². The molecule has 0 aromatic heterocycles. The van der Waals surface area contributed by atoms with Crippen LogP contribution in [0, 0.1) is 5.41 Å². The van der Waals surface area contributed by atoms with E-state index in [1.165, 1.54) is 5.75 Å². The van der Waals surface area contributed by atoms with Crippen molar-refractivity contribution in [3.8, 4) is 0 Å². The lowest BCUT2D eigenvalue weighted by molar-refractivity contribution is 0.192. The molecule has 1 aliphatic heterocycles. The SMILES string of the molecule is CC1SCCN(CCC(C)(C)C(N)=NO)C1C. The van der Waals surface area contributed by atoms with Gasteiger partial charge in [-0.05, 0) is 19.9 Å². The second-order valence-corrected chi connectivity index (χ2v) is 6.96. The summed E-state index contributed by atoms with van der Waals surface area (Å²) in [5.41, 5.74) is 5.47. The van der Waals surface area contributed by atoms with Gasteiger partial charge < -0.3 is 10.9 Å². The number of nitrogens with two attached hydrogens (primary N) is 1. The molecule has 1 saturated heterocycles. The Kier molecular flexibility index (Phi) is 5.13. The van der Waals surface area contributed by atoms with Gasteiger partial charge in [0.1, 0.15) is 5.84 Å². The van der Waals surface area contributed by atoms with Crippen LogP contribution >= 0.6 is 11.8 Å². The molecule has 0 aromatic carbocycles. The number of hydrogen-bond donors (Lipinski definition) is 2. The van der Waals surface area contributed by atoms with Crippen LogP contribution in [-0.2, 0) is 0 Å². The molecule has 0 saturated carbocycles. The number of oxime groups is 1. The molecule has 2 atom stereocenters. The lowest BCUT2D eigenvalue weighted by Crippen LogP contribution is -2.46. The molecule has 3 N–H and O–H groups in total. The van der Waals surface area contributed by atoms with Gasteiger partial charge in [-0.1, -0.05) is 25.9 Å². The first-order valence-electron chi connectivity index (χ1n) is 6.22. The molecule has 0 aliphatic carbocycles. The summed E-state index contributed by atoms with van der Waals surface area (Å²) in [4.78, 5) is 2.51. The maximum Gasteiger partial charge on any atom is 0.144 e. The fourth-order valence-electron chi connectivity index (χ4n) is 2.00. The summed E-state index contributed by atoms with van der Waals surface area (Å²) in [6, 6.07) is 0.608. The molecule has 2 unspecified atom stereocenters. The number of nitrogens with zero attached hydrogens (tertiary/aromatic N) is 2. The Morgan fingerprint density at radius 1 is 1.53 bits per heavy atom. The van der Waals surface area contributed by atoms with E-state index < -0.39 is 0 Å². The first-order valence-corrected chi connectivity index (χ1v) is 7.27. The van der Waals surface area contributed by atoms with Gasteiger partial charge in [0.25, 0.3) is 0 Å². The van der Waals surface area contributed by atoms with Crippen LogP contribution in [0.15, 0.2) is 5.16 Å². The van der Waals surface area contributed by atoms with Crippen molar-refractivity contribution in [3.05, 3.63) is 0 Å². The van der Waals surface area contributed by atoms with Crippen molar-refractivity contribution in [2.75, 3.05) is 18.8 Å². The highest BCUT2D eigenvalue weighted by Gasteiger charge is 2.29. The van der Waals surface area contributed by atoms with E-state index in [1.54, 1.807) is 0 Å². The molecule has 4 nitrogen and oxygen atoms in total. The first kappa shape index (κ1) is 14.6. The normalized spacial score (nSPS) is 28.4. The molecule has 1 heterocycles. The zero-order valence-corrected chi connectivity index (χ0v) is 12.1. The molecule has 100 valence electrons. The average Bonchev–Trinajstić information content (AvgIpc) is 2.30. The monoisotopic (exact) mass is 259 g/mol. The largest absolute Gasteiger partial charge is 0.409 e. The van der Waals surface area contributed by atoms with Crippen LogP contribution in [0.5, 0.6) is 0 Å². The zero-order valence-electron chi connectivity index (χ0n) is 11.3. The van der Waals surface area contributed by atoms with Crippen LogP contribution in [0.3, 0.4) is 0 Å². The van der Waals surface area contributed by atoms with Gasteiger partial charge in [-0.3, -0.25) is 4.90 Å². The minimum atomic E-state index is -0.234. The third-order valence-corrected chi connectivity index (χ3v) is 5.18. The molecule has 0 bridgehead atoms. The van der Waals surface area contributed by atoms with E-state index in [1.807, 2.05) is 25.6 Å². The maximum absolute atomic E-state index is 8.75. The Morgan fingerprint density at radius 2 is 2.18 bits per heavy atom. The van der Waals surface area contributed by atoms with Gasteiger partial charge >= 0.3 is 0 Å². The molecule has 17 heavy (non-hydrogen) atoms. The van der Waals surface area contributed by atoms with Crippen LogP contribution in [-0.4, -0.2) is 46.1 Å². The molecule has 0 aromatic rings. The minimum Gasteiger partial charge on any atom is -0.409 e. The van der Waals surface area contributed by atoms with Crippen molar-refractivity contribution in [1.82, 2.24) is 4.90 Å². The summed E-state index contributed by atoms with van der Waals surface area (Å²) in [5.74, 6) is 1.53. The van der Waals surface area contributed by atoms with Crippen molar-refractivity contribution >= 4 is 17.6 Å². The number of amidine groups is 1. The standard InChI is InChI=1S/C12H25N3OS/c1-9-10(2)17-8-7-15(9)6-5-12(3,4)11(13)14-16/h9-10,16H,5-8H2,1-4H3,(H2,13,14). The van der Waals surface area contributed by atoms with Gasteiger partial charge in [-0.2, -0.15) is 11.8 Å². The van der Waals surface area contributed by atoms with Crippen molar-refractivity contribution in [2.45, 2.75) is 45.4 Å². The van der Waals surface area contributed by atoms with E-state index in [-0.39, 0.29) is 5.41 Å². The third kappa shape index (κ3) is 3.78. The summed E-state index contributed by atoms with van der Waals surface area (Å²) < 4.78 is 0. The van der Waals surface area contributed by atoms with Crippen LogP contribution in [0.4, 0.5) is 0 Å². The zero-order chi connectivity index (χ0) is 13.1. The topological polar surface area (TPSA) is 61.8 Å². The molecule has 0 spiro atoms. The lowest BCUT2D eigenvalue weighted by atomic mass is 9.87. The van der Waals surface area contributed by atoms with E-state index >= 15 is 0 Å². The van der Waals surface area contributed by atoms with Crippen molar-refractivity contribution in [3.63, 3.8) is 0 Å². The van der Waals surface area contributed by atoms with Crippen LogP contribution in [0.2, 0.25) is 0 Å². The smallest absolute Gasteiger partial charge is 0.144 e. The lowest BCUT2D eigenvalue weighted by Gasteiger charge is -2.39. The quantitative estimate of drug-likeness (QED) is 0.351. The molecular formula is C12H25N3OS. The summed E-state index contributed by atoms with van der Waals surface area (Å²) in [6.45, 7) is 10.8. The number of hydrogen-bond acceptors (Lipinski definition) is 4. The Bertz CT molecular complexity index is 281. The van der Waals surface area contributed by atoms with E-state index in [4.69, 9.17) is 10.9 Å². The molecule has 1 aliphatic rings. The predicted octanol–water partition coefficient (Wildman–Crippen LogP) is 1.97. The van der Waals surface area contributed by atoms with Crippen molar-refractivity contribution in [1.29, 1.82) is 0 Å². The van der Waals surface area contributed by atoms with Gasteiger partial charge in [0.15, 0.2) is 0 Å². The summed E-state index contributed by atoms with van der Waals surface area (Å²) >= 11 is 2.04. The van der Waals surface area contributed by atoms with E-state index in [9.17, 15) is 0 Å². The average molecular weight is 259 g/mol.